The van der Waals surface area contributed by atoms with Crippen molar-refractivity contribution >= 4 is 27.3 Å². The topological polar surface area (TPSA) is 113 Å². The predicted octanol–water partition coefficient (Wildman–Crippen LogP) is 0.562. The van der Waals surface area contributed by atoms with Crippen molar-refractivity contribution in [1.82, 2.24) is 9.62 Å². The fourth-order valence-corrected chi connectivity index (χ4v) is 4.11. The third-order valence-electron chi connectivity index (χ3n) is 3.87. The number of hydrogen-bond donors (Lipinski definition) is 1. The number of carbonyl (C=O) groups excluding carboxylic acids is 1. The fourth-order valence-electron chi connectivity index (χ4n) is 2.63. The van der Waals surface area contributed by atoms with Gasteiger partial charge in [-0.1, -0.05) is 13.8 Å². The maximum Gasteiger partial charge on any atom is 0.293 e. The first-order chi connectivity index (χ1) is 11.3. The van der Waals surface area contributed by atoms with Crippen molar-refractivity contribution in [3.8, 4) is 0 Å². The molecule has 1 aliphatic heterocycles. The number of amides is 1. The molecule has 1 aromatic carbocycles. The fraction of sp³-hybridized carbons (Fsp3) is 0.500. The summed E-state index contributed by atoms with van der Waals surface area (Å²) in [6.45, 7) is 4.78. The van der Waals surface area contributed by atoms with Crippen LogP contribution in [0.1, 0.15) is 13.8 Å². The zero-order chi connectivity index (χ0) is 17.9. The molecule has 1 heterocycles. The summed E-state index contributed by atoms with van der Waals surface area (Å²) in [6, 6.07) is 3.81. The second kappa shape index (κ2) is 7.14. The third-order valence-corrected chi connectivity index (χ3v) is 5.91. The number of sulfonamides is 1. The number of hydrogen-bond acceptors (Lipinski definition) is 6. The number of nitro groups is 1. The Morgan fingerprint density at radius 3 is 2.54 bits per heavy atom. The number of nitrogens with zero attached hydrogens (tertiary/aromatic N) is 3. The molecule has 1 saturated heterocycles. The van der Waals surface area contributed by atoms with Gasteiger partial charge in [-0.25, -0.2) is 8.42 Å². The van der Waals surface area contributed by atoms with E-state index in [1.807, 2.05) is 0 Å². The minimum absolute atomic E-state index is 0.00296. The summed E-state index contributed by atoms with van der Waals surface area (Å²) in [5.74, 6) is -0.226. The third kappa shape index (κ3) is 3.49. The van der Waals surface area contributed by atoms with Gasteiger partial charge in [0.2, 0.25) is 15.9 Å². The van der Waals surface area contributed by atoms with Gasteiger partial charge in [-0.3, -0.25) is 14.9 Å². The van der Waals surface area contributed by atoms with Crippen molar-refractivity contribution in [2.75, 3.05) is 37.6 Å². The highest BCUT2D eigenvalue weighted by molar-refractivity contribution is 7.89. The van der Waals surface area contributed by atoms with Crippen LogP contribution in [0.5, 0.6) is 0 Å². The van der Waals surface area contributed by atoms with E-state index in [2.05, 4.69) is 5.32 Å². The Labute approximate surface area is 140 Å². The van der Waals surface area contributed by atoms with Crippen molar-refractivity contribution in [1.29, 1.82) is 0 Å². The Morgan fingerprint density at radius 1 is 1.33 bits per heavy atom. The minimum Gasteiger partial charge on any atom is -0.355 e. The van der Waals surface area contributed by atoms with Gasteiger partial charge < -0.3 is 10.2 Å². The van der Waals surface area contributed by atoms with Crippen LogP contribution in [0.2, 0.25) is 0 Å². The Hall–Kier alpha value is -2.20. The maximum absolute atomic E-state index is 12.5. The predicted molar refractivity (Wildman–Crippen MR) is 88.4 cm³/mol. The molecule has 10 heteroatoms. The van der Waals surface area contributed by atoms with E-state index in [9.17, 15) is 23.3 Å². The number of nitrogens with one attached hydrogen (secondary N) is 1. The van der Waals surface area contributed by atoms with E-state index in [4.69, 9.17) is 0 Å². The van der Waals surface area contributed by atoms with Crippen LogP contribution >= 0.6 is 0 Å². The summed E-state index contributed by atoms with van der Waals surface area (Å²) in [5, 5.41) is 14.0. The number of benzene rings is 1. The monoisotopic (exact) mass is 356 g/mol. The molecular formula is C14H20N4O5S. The smallest absolute Gasteiger partial charge is 0.293 e. The van der Waals surface area contributed by atoms with Crippen LogP contribution in [-0.2, 0) is 14.8 Å². The highest BCUT2D eigenvalue weighted by Crippen LogP contribution is 2.32. The van der Waals surface area contributed by atoms with Gasteiger partial charge >= 0.3 is 0 Å². The summed E-state index contributed by atoms with van der Waals surface area (Å²) in [5.41, 5.74) is -0.0775. The van der Waals surface area contributed by atoms with Crippen molar-refractivity contribution in [2.45, 2.75) is 18.7 Å². The second-order valence-electron chi connectivity index (χ2n) is 5.27. The first kappa shape index (κ1) is 18.1. The lowest BCUT2D eigenvalue weighted by Crippen LogP contribution is -2.47. The van der Waals surface area contributed by atoms with Gasteiger partial charge in [-0.2, -0.15) is 4.31 Å². The number of anilines is 1. The van der Waals surface area contributed by atoms with Crippen LogP contribution in [0.15, 0.2) is 23.1 Å². The first-order valence-corrected chi connectivity index (χ1v) is 9.05. The van der Waals surface area contributed by atoms with Crippen LogP contribution in [0.4, 0.5) is 11.4 Å². The van der Waals surface area contributed by atoms with Crippen molar-refractivity contribution in [3.05, 3.63) is 28.3 Å². The van der Waals surface area contributed by atoms with E-state index < -0.39 is 14.9 Å². The largest absolute Gasteiger partial charge is 0.355 e. The number of rotatable bonds is 6. The molecule has 9 nitrogen and oxygen atoms in total. The molecule has 132 valence electrons. The normalized spacial score (nSPS) is 15.5. The van der Waals surface area contributed by atoms with E-state index in [1.165, 1.54) is 16.4 Å². The van der Waals surface area contributed by atoms with Gasteiger partial charge in [0.05, 0.1) is 16.4 Å². The minimum atomic E-state index is -3.78. The summed E-state index contributed by atoms with van der Waals surface area (Å²) in [6.07, 6.45) is 0. The van der Waals surface area contributed by atoms with Crippen molar-refractivity contribution in [2.24, 2.45) is 0 Å². The second-order valence-corrected chi connectivity index (χ2v) is 7.21. The van der Waals surface area contributed by atoms with Gasteiger partial charge in [-0.15, -0.1) is 0 Å². The molecule has 1 N–H and O–H groups in total. The van der Waals surface area contributed by atoms with Gasteiger partial charge in [0.1, 0.15) is 5.69 Å². The highest BCUT2D eigenvalue weighted by atomic mass is 32.2. The molecule has 1 amide bonds. The molecule has 1 aliphatic rings. The molecule has 0 bridgehead atoms. The van der Waals surface area contributed by atoms with Crippen LogP contribution in [0.25, 0.3) is 0 Å². The Balaban J connectivity index is 2.47. The molecule has 2 rings (SSSR count). The summed E-state index contributed by atoms with van der Waals surface area (Å²) in [7, 11) is -3.78. The SMILES string of the molecule is CCN(CC)S(=O)(=O)c1ccc(N2CCNC(=O)C2)c([N+](=O)[O-])c1. The average Bonchev–Trinajstić information content (AvgIpc) is 2.55. The van der Waals surface area contributed by atoms with Crippen LogP contribution in [0, 0.1) is 10.1 Å². The molecule has 0 aromatic heterocycles. The van der Waals surface area contributed by atoms with Gasteiger partial charge in [0.15, 0.2) is 0 Å². The highest BCUT2D eigenvalue weighted by Gasteiger charge is 2.28. The van der Waals surface area contributed by atoms with E-state index in [-0.39, 0.29) is 41.8 Å². The van der Waals surface area contributed by atoms with Crippen LogP contribution in [-0.4, -0.2) is 56.3 Å². The Morgan fingerprint density at radius 2 is 2.00 bits per heavy atom. The molecule has 0 radical (unpaired) electrons. The first-order valence-electron chi connectivity index (χ1n) is 7.61. The molecule has 1 fully saturated rings. The molecule has 0 saturated carbocycles. The zero-order valence-corrected chi connectivity index (χ0v) is 14.4. The lowest BCUT2D eigenvalue weighted by Gasteiger charge is -2.28. The standard InChI is InChI=1S/C14H20N4O5S/c1-3-17(4-2)24(22,23)11-5-6-12(13(9-11)18(20)21)16-8-7-15-14(19)10-16/h5-6,9H,3-4,7-8,10H2,1-2H3,(H,15,19). The van der Waals surface area contributed by atoms with Crippen molar-refractivity contribution in [3.63, 3.8) is 0 Å². The molecular weight excluding hydrogens is 336 g/mol. The van der Waals surface area contributed by atoms with E-state index in [1.54, 1.807) is 18.7 Å². The number of carbonyl (C=O) groups is 1. The lowest BCUT2D eigenvalue weighted by atomic mass is 10.2. The van der Waals surface area contributed by atoms with Crippen molar-refractivity contribution < 1.29 is 18.1 Å². The van der Waals surface area contributed by atoms with E-state index in [0.29, 0.717) is 13.1 Å². The number of piperazine rings is 1. The van der Waals surface area contributed by atoms with Gasteiger partial charge in [0.25, 0.3) is 5.69 Å². The lowest BCUT2D eigenvalue weighted by molar-refractivity contribution is -0.384. The summed E-state index contributed by atoms with van der Waals surface area (Å²) in [4.78, 5) is 23.7. The average molecular weight is 356 g/mol. The molecule has 24 heavy (non-hydrogen) atoms. The molecule has 0 atom stereocenters. The summed E-state index contributed by atoms with van der Waals surface area (Å²) < 4.78 is 26.3. The Bertz CT molecular complexity index is 746. The van der Waals surface area contributed by atoms with Gasteiger partial charge in [0, 0.05) is 32.2 Å². The van der Waals surface area contributed by atoms with Crippen LogP contribution < -0.4 is 10.2 Å². The zero-order valence-electron chi connectivity index (χ0n) is 13.6. The molecule has 1 aromatic rings. The van der Waals surface area contributed by atoms with Gasteiger partial charge in [-0.05, 0) is 12.1 Å². The molecule has 0 spiro atoms. The Kier molecular flexibility index (Phi) is 5.40. The molecule has 0 aliphatic carbocycles. The van der Waals surface area contributed by atoms with E-state index >= 15 is 0 Å². The van der Waals surface area contributed by atoms with Crippen LogP contribution in [0.3, 0.4) is 0 Å². The molecule has 0 unspecified atom stereocenters. The van der Waals surface area contributed by atoms with E-state index in [0.717, 1.165) is 6.07 Å². The number of nitro benzene ring substituents is 1. The maximum atomic E-state index is 12.5. The quantitative estimate of drug-likeness (QED) is 0.589. The summed E-state index contributed by atoms with van der Waals surface area (Å²) >= 11 is 0.